The molecule has 1 saturated heterocycles. The number of aryl methyl sites for hydroxylation is 2. The SMILES string of the molecule is COc1cc(/C=C2/C(=O)NC(=O)N(c3ccc(Cl)cc3)C2=O)cc(Cl)c1OCC(=O)Nc1cc(C)ccc1C. The number of carbonyl (C=O) groups excluding carboxylic acids is 4. The van der Waals surface area contributed by atoms with E-state index >= 15 is 0 Å². The molecule has 1 aliphatic rings. The number of urea groups is 1. The van der Waals surface area contributed by atoms with Gasteiger partial charge in [0.05, 0.1) is 17.8 Å². The molecular formula is C28H23Cl2N3O6. The van der Waals surface area contributed by atoms with Crippen molar-refractivity contribution in [1.29, 1.82) is 0 Å². The van der Waals surface area contributed by atoms with Crippen LogP contribution < -0.4 is 25.0 Å². The van der Waals surface area contributed by atoms with Crippen LogP contribution in [0.15, 0.2) is 60.2 Å². The molecule has 0 saturated carbocycles. The minimum atomic E-state index is -0.886. The van der Waals surface area contributed by atoms with Crippen LogP contribution in [0, 0.1) is 13.8 Å². The van der Waals surface area contributed by atoms with Gasteiger partial charge in [-0.05, 0) is 79.1 Å². The van der Waals surface area contributed by atoms with Gasteiger partial charge in [-0.1, -0.05) is 35.3 Å². The van der Waals surface area contributed by atoms with Crippen molar-refractivity contribution in [2.45, 2.75) is 13.8 Å². The molecule has 1 heterocycles. The van der Waals surface area contributed by atoms with E-state index in [1.807, 2.05) is 32.0 Å². The van der Waals surface area contributed by atoms with Crippen molar-refractivity contribution in [2.24, 2.45) is 0 Å². The molecule has 39 heavy (non-hydrogen) atoms. The number of nitrogens with zero attached hydrogens (tertiary/aromatic N) is 1. The van der Waals surface area contributed by atoms with Gasteiger partial charge in [0.2, 0.25) is 0 Å². The van der Waals surface area contributed by atoms with E-state index in [1.54, 1.807) is 0 Å². The second-order valence-electron chi connectivity index (χ2n) is 8.62. The summed E-state index contributed by atoms with van der Waals surface area (Å²) >= 11 is 12.3. The molecule has 1 fully saturated rings. The van der Waals surface area contributed by atoms with Crippen molar-refractivity contribution in [3.63, 3.8) is 0 Å². The number of imide groups is 2. The number of anilines is 2. The molecular weight excluding hydrogens is 545 g/mol. The fourth-order valence-electron chi connectivity index (χ4n) is 3.81. The van der Waals surface area contributed by atoms with Gasteiger partial charge in [-0.2, -0.15) is 0 Å². The zero-order valence-electron chi connectivity index (χ0n) is 21.1. The Kier molecular flexibility index (Phi) is 8.23. The summed E-state index contributed by atoms with van der Waals surface area (Å²) in [6, 6.07) is 13.7. The fourth-order valence-corrected chi connectivity index (χ4v) is 4.21. The number of methoxy groups -OCH3 is 1. The van der Waals surface area contributed by atoms with Gasteiger partial charge in [-0.15, -0.1) is 0 Å². The Morgan fingerprint density at radius 3 is 2.44 bits per heavy atom. The molecule has 0 bridgehead atoms. The second kappa shape index (κ2) is 11.6. The number of benzene rings is 3. The first-order valence-electron chi connectivity index (χ1n) is 11.6. The van der Waals surface area contributed by atoms with Gasteiger partial charge in [-0.3, -0.25) is 19.7 Å². The van der Waals surface area contributed by atoms with Crippen LogP contribution in [0.5, 0.6) is 11.5 Å². The largest absolute Gasteiger partial charge is 0.493 e. The smallest absolute Gasteiger partial charge is 0.335 e. The second-order valence-corrected chi connectivity index (χ2v) is 9.47. The fraction of sp³-hybridized carbons (Fsp3) is 0.143. The van der Waals surface area contributed by atoms with E-state index in [2.05, 4.69) is 10.6 Å². The molecule has 4 rings (SSSR count). The van der Waals surface area contributed by atoms with Gasteiger partial charge >= 0.3 is 6.03 Å². The maximum atomic E-state index is 13.1. The van der Waals surface area contributed by atoms with Crippen LogP contribution in [0.4, 0.5) is 16.2 Å². The van der Waals surface area contributed by atoms with Crippen molar-refractivity contribution in [3.8, 4) is 11.5 Å². The van der Waals surface area contributed by atoms with Crippen molar-refractivity contribution in [3.05, 3.63) is 86.9 Å². The summed E-state index contributed by atoms with van der Waals surface area (Å²) in [5, 5.41) is 5.45. The van der Waals surface area contributed by atoms with Gasteiger partial charge in [0.1, 0.15) is 5.57 Å². The molecule has 0 atom stereocenters. The number of rotatable bonds is 7. The molecule has 11 heteroatoms. The zero-order valence-corrected chi connectivity index (χ0v) is 22.6. The molecule has 3 aromatic rings. The normalized spacial score (nSPS) is 14.3. The number of hydrogen-bond donors (Lipinski definition) is 2. The Labute approximate surface area is 234 Å². The van der Waals surface area contributed by atoms with Gasteiger partial charge < -0.3 is 14.8 Å². The van der Waals surface area contributed by atoms with E-state index in [1.165, 1.54) is 49.6 Å². The lowest BCUT2D eigenvalue weighted by Gasteiger charge is -2.26. The average Bonchev–Trinajstić information content (AvgIpc) is 2.88. The summed E-state index contributed by atoms with van der Waals surface area (Å²) in [6.45, 7) is 3.46. The highest BCUT2D eigenvalue weighted by Gasteiger charge is 2.36. The summed E-state index contributed by atoms with van der Waals surface area (Å²) in [7, 11) is 1.38. The van der Waals surface area contributed by atoms with E-state index in [0.29, 0.717) is 16.3 Å². The lowest BCUT2D eigenvalue weighted by molar-refractivity contribution is -0.122. The monoisotopic (exact) mass is 567 g/mol. The predicted molar refractivity (Wildman–Crippen MR) is 148 cm³/mol. The van der Waals surface area contributed by atoms with Gasteiger partial charge in [-0.25, -0.2) is 9.69 Å². The first-order valence-corrected chi connectivity index (χ1v) is 12.4. The molecule has 3 aromatic carbocycles. The Morgan fingerprint density at radius 1 is 1.03 bits per heavy atom. The number of ether oxygens (including phenoxy) is 2. The molecule has 0 unspecified atom stereocenters. The Morgan fingerprint density at radius 2 is 1.74 bits per heavy atom. The van der Waals surface area contributed by atoms with Crippen molar-refractivity contribution < 1.29 is 28.7 Å². The minimum absolute atomic E-state index is 0.0787. The number of nitrogens with one attached hydrogen (secondary N) is 2. The highest BCUT2D eigenvalue weighted by atomic mass is 35.5. The topological polar surface area (TPSA) is 114 Å². The summed E-state index contributed by atoms with van der Waals surface area (Å²) in [6.07, 6.45) is 1.28. The number of halogens is 2. The number of hydrogen-bond acceptors (Lipinski definition) is 6. The van der Waals surface area contributed by atoms with E-state index in [4.69, 9.17) is 32.7 Å². The van der Waals surface area contributed by atoms with Crippen LogP contribution >= 0.6 is 23.2 Å². The lowest BCUT2D eigenvalue weighted by atomic mass is 10.1. The van der Waals surface area contributed by atoms with Crippen LogP contribution in [0.1, 0.15) is 16.7 Å². The maximum Gasteiger partial charge on any atom is 0.335 e. The van der Waals surface area contributed by atoms with E-state index in [9.17, 15) is 19.2 Å². The minimum Gasteiger partial charge on any atom is -0.493 e. The summed E-state index contributed by atoms with van der Waals surface area (Å²) in [5.41, 5.74) is 2.83. The Hall–Kier alpha value is -4.34. The molecule has 200 valence electrons. The van der Waals surface area contributed by atoms with Crippen LogP contribution in [0.25, 0.3) is 6.08 Å². The van der Waals surface area contributed by atoms with Crippen molar-refractivity contribution in [1.82, 2.24) is 5.32 Å². The van der Waals surface area contributed by atoms with Crippen LogP contribution in [-0.4, -0.2) is 37.5 Å². The molecule has 2 N–H and O–H groups in total. The lowest BCUT2D eigenvalue weighted by Crippen LogP contribution is -2.54. The molecule has 9 nitrogen and oxygen atoms in total. The standard InChI is InChI=1S/C28H23Cl2N3O6/c1-15-4-5-16(2)22(10-15)31-24(34)14-39-25-21(30)12-17(13-23(25)38-3)11-20-26(35)32-28(37)33(27(20)36)19-8-6-18(29)7-9-19/h4-13H,14H2,1-3H3,(H,31,34)(H,32,35,37)/b20-11-. The van der Waals surface area contributed by atoms with E-state index in [-0.39, 0.29) is 34.4 Å². The third-order valence-corrected chi connectivity index (χ3v) is 6.30. The van der Waals surface area contributed by atoms with Crippen LogP contribution in [0.2, 0.25) is 10.0 Å². The Balaban J connectivity index is 1.55. The summed E-state index contributed by atoms with van der Waals surface area (Å²) in [4.78, 5) is 51.4. The number of barbiturate groups is 1. The third kappa shape index (κ3) is 6.22. The first-order chi connectivity index (χ1) is 18.6. The molecule has 0 spiro atoms. The predicted octanol–water partition coefficient (Wildman–Crippen LogP) is 5.30. The average molecular weight is 568 g/mol. The molecule has 1 aliphatic heterocycles. The highest BCUT2D eigenvalue weighted by Crippen LogP contribution is 2.37. The van der Waals surface area contributed by atoms with Crippen molar-refractivity contribution >= 4 is 64.4 Å². The van der Waals surface area contributed by atoms with E-state index in [0.717, 1.165) is 16.0 Å². The Bertz CT molecular complexity index is 1520. The number of amides is 5. The van der Waals surface area contributed by atoms with Crippen LogP contribution in [-0.2, 0) is 14.4 Å². The van der Waals surface area contributed by atoms with Gasteiger partial charge in [0, 0.05) is 10.7 Å². The van der Waals surface area contributed by atoms with Gasteiger partial charge in [0.25, 0.3) is 17.7 Å². The van der Waals surface area contributed by atoms with E-state index < -0.39 is 23.8 Å². The molecule has 5 amide bonds. The maximum absolute atomic E-state index is 13.1. The molecule has 0 aliphatic carbocycles. The van der Waals surface area contributed by atoms with Crippen LogP contribution in [0.3, 0.4) is 0 Å². The zero-order chi connectivity index (χ0) is 28.3. The molecule has 0 radical (unpaired) electrons. The summed E-state index contributed by atoms with van der Waals surface area (Å²) < 4.78 is 11.0. The van der Waals surface area contributed by atoms with Crippen molar-refractivity contribution in [2.75, 3.05) is 23.9 Å². The third-order valence-electron chi connectivity index (χ3n) is 5.76. The van der Waals surface area contributed by atoms with Gasteiger partial charge in [0.15, 0.2) is 18.1 Å². The summed E-state index contributed by atoms with van der Waals surface area (Å²) in [5.74, 6) is -1.82. The molecule has 0 aromatic heterocycles. The quantitative estimate of drug-likeness (QED) is 0.295. The highest BCUT2D eigenvalue weighted by molar-refractivity contribution is 6.39. The number of carbonyl (C=O) groups is 4. The first kappa shape index (κ1) is 27.7.